The second-order valence-electron chi connectivity index (χ2n) is 4.03. The summed E-state index contributed by atoms with van der Waals surface area (Å²) in [5, 5.41) is 19.1. The van der Waals surface area contributed by atoms with Gasteiger partial charge in [0, 0.05) is 6.07 Å². The van der Waals surface area contributed by atoms with Gasteiger partial charge in [-0.3, -0.25) is 4.79 Å². The number of anilines is 1. The van der Waals surface area contributed by atoms with Crippen LogP contribution in [0.15, 0.2) is 47.4 Å². The van der Waals surface area contributed by atoms with Crippen LogP contribution >= 0.6 is 0 Å². The van der Waals surface area contributed by atoms with E-state index in [-0.39, 0.29) is 22.0 Å². The highest BCUT2D eigenvalue weighted by Crippen LogP contribution is 2.39. The van der Waals surface area contributed by atoms with Gasteiger partial charge < -0.3 is 10.2 Å². The molecule has 0 fully saturated rings. The standard InChI is InChI=1S/C13H9NO4S/c15-9-6-10-12(11(16)7-9)19(18)14(13(10)17)8-4-2-1-3-5-8/h1-7,15-16H. The van der Waals surface area contributed by atoms with E-state index in [1.165, 1.54) is 6.07 Å². The summed E-state index contributed by atoms with van der Waals surface area (Å²) in [4.78, 5) is 12.3. The molecule has 0 aromatic heterocycles. The van der Waals surface area contributed by atoms with Crippen LogP contribution in [0, 0.1) is 0 Å². The van der Waals surface area contributed by atoms with E-state index < -0.39 is 16.9 Å². The number of carbonyl (C=O) groups excluding carboxylic acids is 1. The first-order chi connectivity index (χ1) is 9.09. The maximum absolute atomic E-state index is 12.3. The fraction of sp³-hybridized carbons (Fsp3) is 0. The van der Waals surface area contributed by atoms with Crippen LogP contribution in [0.2, 0.25) is 0 Å². The molecule has 0 spiro atoms. The van der Waals surface area contributed by atoms with Crippen molar-refractivity contribution >= 4 is 22.6 Å². The monoisotopic (exact) mass is 275 g/mol. The Bertz CT molecular complexity index is 699. The van der Waals surface area contributed by atoms with E-state index in [0.29, 0.717) is 5.69 Å². The van der Waals surface area contributed by atoms with Gasteiger partial charge >= 0.3 is 0 Å². The first kappa shape index (κ1) is 11.7. The van der Waals surface area contributed by atoms with E-state index in [1.807, 2.05) is 0 Å². The predicted octanol–water partition coefficient (Wildman–Crippen LogP) is 1.78. The summed E-state index contributed by atoms with van der Waals surface area (Å²) < 4.78 is 13.4. The van der Waals surface area contributed by atoms with E-state index in [2.05, 4.69) is 0 Å². The van der Waals surface area contributed by atoms with Crippen molar-refractivity contribution in [3.05, 3.63) is 48.0 Å². The molecule has 6 heteroatoms. The SMILES string of the molecule is O=C1c2cc(O)cc(O)c2S(=O)N1c1ccccc1. The third kappa shape index (κ3) is 1.68. The fourth-order valence-electron chi connectivity index (χ4n) is 1.99. The molecule has 3 rings (SSSR count). The molecule has 1 heterocycles. The lowest BCUT2D eigenvalue weighted by molar-refractivity contribution is 0.101. The lowest BCUT2D eigenvalue weighted by atomic mass is 10.2. The number of hydrogen-bond donors (Lipinski definition) is 2. The molecule has 1 aliphatic heterocycles. The summed E-state index contributed by atoms with van der Waals surface area (Å²) in [7, 11) is -1.81. The zero-order valence-electron chi connectivity index (χ0n) is 9.61. The number of rotatable bonds is 1. The van der Waals surface area contributed by atoms with Gasteiger partial charge in [0.15, 0.2) is 11.0 Å². The van der Waals surface area contributed by atoms with Gasteiger partial charge in [-0.2, -0.15) is 0 Å². The molecule has 1 amide bonds. The predicted molar refractivity (Wildman–Crippen MR) is 69.4 cm³/mol. The highest BCUT2D eigenvalue weighted by molar-refractivity contribution is 7.88. The van der Waals surface area contributed by atoms with Gasteiger partial charge in [0.25, 0.3) is 5.91 Å². The summed E-state index contributed by atoms with van der Waals surface area (Å²) in [5.74, 6) is -1.10. The van der Waals surface area contributed by atoms with Crippen LogP contribution in [0.5, 0.6) is 11.5 Å². The molecule has 1 atom stereocenters. The number of para-hydroxylation sites is 1. The third-order valence-corrected chi connectivity index (χ3v) is 4.29. The average molecular weight is 275 g/mol. The van der Waals surface area contributed by atoms with Gasteiger partial charge in [-0.1, -0.05) is 18.2 Å². The molecule has 5 nitrogen and oxygen atoms in total. The number of aromatic hydroxyl groups is 2. The molecule has 0 saturated heterocycles. The van der Waals surface area contributed by atoms with Crippen LogP contribution in [0.3, 0.4) is 0 Å². The van der Waals surface area contributed by atoms with Crippen molar-refractivity contribution in [2.24, 2.45) is 0 Å². The summed E-state index contributed by atoms with van der Waals surface area (Å²) in [5.41, 5.74) is 0.528. The van der Waals surface area contributed by atoms with E-state index in [1.54, 1.807) is 30.3 Å². The van der Waals surface area contributed by atoms with Gasteiger partial charge in [-0.05, 0) is 18.2 Å². The van der Waals surface area contributed by atoms with E-state index in [4.69, 9.17) is 0 Å². The molecule has 0 aliphatic carbocycles. The van der Waals surface area contributed by atoms with Crippen LogP contribution in [-0.2, 0) is 11.0 Å². The molecule has 1 aliphatic rings. The third-order valence-electron chi connectivity index (χ3n) is 2.80. The molecule has 2 aromatic rings. The maximum Gasteiger partial charge on any atom is 0.272 e. The quantitative estimate of drug-likeness (QED) is 0.831. The summed E-state index contributed by atoms with van der Waals surface area (Å²) >= 11 is 0. The minimum absolute atomic E-state index is 0.0339. The van der Waals surface area contributed by atoms with Crippen molar-refractivity contribution in [2.75, 3.05) is 4.31 Å². The van der Waals surface area contributed by atoms with Gasteiger partial charge in [0.1, 0.15) is 16.4 Å². The highest BCUT2D eigenvalue weighted by Gasteiger charge is 2.38. The lowest BCUT2D eigenvalue weighted by Gasteiger charge is -2.13. The zero-order valence-corrected chi connectivity index (χ0v) is 10.4. The molecule has 96 valence electrons. The lowest BCUT2D eigenvalue weighted by Crippen LogP contribution is -2.25. The Morgan fingerprint density at radius 1 is 1.05 bits per heavy atom. The van der Waals surface area contributed by atoms with Gasteiger partial charge in [-0.25, -0.2) is 8.51 Å². The summed E-state index contributed by atoms with van der Waals surface area (Å²) in [6, 6.07) is 10.8. The highest BCUT2D eigenvalue weighted by atomic mass is 32.2. The molecule has 19 heavy (non-hydrogen) atoms. The second-order valence-corrected chi connectivity index (χ2v) is 5.30. The Morgan fingerprint density at radius 3 is 2.42 bits per heavy atom. The Morgan fingerprint density at radius 2 is 1.74 bits per heavy atom. The van der Waals surface area contributed by atoms with Crippen LogP contribution < -0.4 is 4.31 Å². The molecule has 1 unspecified atom stereocenters. The number of carbonyl (C=O) groups is 1. The van der Waals surface area contributed by atoms with Crippen molar-refractivity contribution in [3.8, 4) is 11.5 Å². The van der Waals surface area contributed by atoms with Crippen LogP contribution in [0.25, 0.3) is 0 Å². The second kappa shape index (κ2) is 4.10. The van der Waals surface area contributed by atoms with Crippen LogP contribution in [0.4, 0.5) is 5.69 Å². The number of phenols is 2. The number of amides is 1. The number of hydrogen-bond acceptors (Lipinski definition) is 4. The number of phenolic OH excluding ortho intramolecular Hbond substituents is 2. The Kier molecular flexibility index (Phi) is 2.53. The molecule has 0 bridgehead atoms. The largest absolute Gasteiger partial charge is 0.508 e. The first-order valence-electron chi connectivity index (χ1n) is 5.47. The fourth-order valence-corrected chi connectivity index (χ4v) is 3.31. The Hall–Kier alpha value is -2.34. The van der Waals surface area contributed by atoms with Crippen LogP contribution in [-0.4, -0.2) is 20.3 Å². The summed E-state index contributed by atoms with van der Waals surface area (Å²) in [6.07, 6.45) is 0. The number of fused-ring (bicyclic) bond motifs is 1. The molecule has 0 saturated carbocycles. The molecule has 2 N–H and O–H groups in total. The van der Waals surface area contributed by atoms with E-state index >= 15 is 0 Å². The number of benzene rings is 2. The molecular weight excluding hydrogens is 266 g/mol. The van der Waals surface area contributed by atoms with Crippen molar-refractivity contribution < 1.29 is 19.2 Å². The van der Waals surface area contributed by atoms with Crippen molar-refractivity contribution in [3.63, 3.8) is 0 Å². The summed E-state index contributed by atoms with van der Waals surface area (Å²) in [6.45, 7) is 0. The van der Waals surface area contributed by atoms with E-state index in [9.17, 15) is 19.2 Å². The van der Waals surface area contributed by atoms with Crippen molar-refractivity contribution in [1.82, 2.24) is 0 Å². The smallest absolute Gasteiger partial charge is 0.272 e. The normalized spacial score (nSPS) is 17.6. The van der Waals surface area contributed by atoms with Gasteiger partial charge in [0.2, 0.25) is 0 Å². The molecule has 0 radical (unpaired) electrons. The number of nitrogens with zero attached hydrogens (tertiary/aromatic N) is 1. The first-order valence-corrected chi connectivity index (χ1v) is 6.57. The zero-order chi connectivity index (χ0) is 13.6. The van der Waals surface area contributed by atoms with Gasteiger partial charge in [-0.15, -0.1) is 0 Å². The van der Waals surface area contributed by atoms with Crippen LogP contribution in [0.1, 0.15) is 10.4 Å². The van der Waals surface area contributed by atoms with Crippen molar-refractivity contribution in [1.29, 1.82) is 0 Å². The maximum atomic E-state index is 12.3. The van der Waals surface area contributed by atoms with Crippen molar-refractivity contribution in [2.45, 2.75) is 4.90 Å². The molecular formula is C13H9NO4S. The van der Waals surface area contributed by atoms with E-state index in [0.717, 1.165) is 10.4 Å². The minimum atomic E-state index is -1.81. The Balaban J connectivity index is 2.18. The average Bonchev–Trinajstić information content (AvgIpc) is 2.62. The minimum Gasteiger partial charge on any atom is -0.508 e. The Labute approximate surface area is 111 Å². The molecule has 2 aromatic carbocycles. The topological polar surface area (TPSA) is 77.8 Å². The van der Waals surface area contributed by atoms with Gasteiger partial charge in [0.05, 0.1) is 11.3 Å².